The van der Waals surface area contributed by atoms with Crippen molar-refractivity contribution in [1.82, 2.24) is 5.32 Å². The number of hydrogen-bond donors (Lipinski definition) is 2. The standard InChI is InChI=1S/C15H25FN2O5/c1-6-11(17-13(20)23-15(3,4)5)12(19)18(14(21)22)8-10(16)7-9(18)2/h9-11H,6-8H2,1-5H3,(H-,17,20,21,22)/p+1/t9?,10-,11-,18?/m0/s1. The molecule has 1 fully saturated rings. The molecule has 23 heavy (non-hydrogen) atoms. The Labute approximate surface area is 135 Å². The molecule has 1 aliphatic rings. The first-order valence-corrected chi connectivity index (χ1v) is 7.73. The number of hydrogen-bond acceptors (Lipinski definition) is 4. The van der Waals surface area contributed by atoms with Crippen molar-refractivity contribution in [1.29, 1.82) is 0 Å². The van der Waals surface area contributed by atoms with Crippen LogP contribution in [-0.2, 0) is 9.53 Å². The summed E-state index contributed by atoms with van der Waals surface area (Å²) < 4.78 is 17.8. The van der Waals surface area contributed by atoms with E-state index in [1.807, 2.05) is 0 Å². The number of alkyl halides is 1. The lowest BCUT2D eigenvalue weighted by Gasteiger charge is -2.32. The number of halogens is 1. The Morgan fingerprint density at radius 3 is 2.30 bits per heavy atom. The van der Waals surface area contributed by atoms with E-state index in [1.165, 1.54) is 6.92 Å². The van der Waals surface area contributed by atoms with Gasteiger partial charge in [0, 0.05) is 6.42 Å². The molecule has 1 saturated heterocycles. The SMILES string of the molecule is CC[C@H](NC(=O)OC(C)(C)C)C(=O)[N+]1(C(=O)O)C[C@@H](F)CC1C. The highest BCUT2D eigenvalue weighted by Gasteiger charge is 2.58. The Morgan fingerprint density at radius 2 is 1.96 bits per heavy atom. The van der Waals surface area contributed by atoms with Crippen LogP contribution >= 0.6 is 0 Å². The van der Waals surface area contributed by atoms with E-state index in [0.717, 1.165) is 0 Å². The van der Waals surface area contributed by atoms with E-state index in [4.69, 9.17) is 4.74 Å². The van der Waals surface area contributed by atoms with Crippen LogP contribution in [0.15, 0.2) is 0 Å². The summed E-state index contributed by atoms with van der Waals surface area (Å²) in [4.78, 5) is 36.3. The van der Waals surface area contributed by atoms with Crippen LogP contribution in [0.5, 0.6) is 0 Å². The molecule has 2 N–H and O–H groups in total. The fourth-order valence-electron chi connectivity index (χ4n) is 2.85. The minimum absolute atomic E-state index is 0.000905. The van der Waals surface area contributed by atoms with Crippen LogP contribution in [0, 0.1) is 0 Å². The second-order valence-corrected chi connectivity index (χ2v) is 6.96. The molecular weight excluding hydrogens is 307 g/mol. The lowest BCUT2D eigenvalue weighted by molar-refractivity contribution is -0.794. The Balaban J connectivity index is 2.98. The van der Waals surface area contributed by atoms with E-state index in [-0.39, 0.29) is 12.8 Å². The summed E-state index contributed by atoms with van der Waals surface area (Å²) in [5, 5.41) is 11.9. The fourth-order valence-corrected chi connectivity index (χ4v) is 2.85. The third-order valence-electron chi connectivity index (χ3n) is 3.97. The van der Waals surface area contributed by atoms with Gasteiger partial charge in [0.25, 0.3) is 0 Å². The van der Waals surface area contributed by atoms with Crippen LogP contribution in [-0.4, -0.2) is 58.1 Å². The van der Waals surface area contributed by atoms with Gasteiger partial charge in [-0.3, -0.25) is 0 Å². The highest BCUT2D eigenvalue weighted by Crippen LogP contribution is 2.31. The van der Waals surface area contributed by atoms with E-state index < -0.39 is 53.0 Å². The topological polar surface area (TPSA) is 92.7 Å². The number of amides is 3. The quantitative estimate of drug-likeness (QED) is 0.774. The van der Waals surface area contributed by atoms with E-state index >= 15 is 0 Å². The third kappa shape index (κ3) is 4.19. The second kappa shape index (κ2) is 6.82. The summed E-state index contributed by atoms with van der Waals surface area (Å²) in [7, 11) is 0. The molecule has 0 aromatic heterocycles. The summed E-state index contributed by atoms with van der Waals surface area (Å²) >= 11 is 0. The monoisotopic (exact) mass is 333 g/mol. The van der Waals surface area contributed by atoms with Crippen molar-refractivity contribution in [3.63, 3.8) is 0 Å². The molecule has 1 rings (SSSR count). The molecule has 0 aromatic carbocycles. The maximum absolute atomic E-state index is 13.7. The minimum Gasteiger partial charge on any atom is -0.444 e. The van der Waals surface area contributed by atoms with Gasteiger partial charge in [-0.2, -0.15) is 9.28 Å². The number of quaternary nitrogens is 1. The summed E-state index contributed by atoms with van der Waals surface area (Å²) in [5.74, 6) is -0.724. The number of ether oxygens (including phenoxy) is 1. The van der Waals surface area contributed by atoms with Gasteiger partial charge in [0.05, 0.1) is 0 Å². The molecule has 2 unspecified atom stereocenters. The number of nitrogens with one attached hydrogen (secondary N) is 1. The predicted molar refractivity (Wildman–Crippen MR) is 80.6 cm³/mol. The average molecular weight is 333 g/mol. The van der Waals surface area contributed by atoms with Gasteiger partial charge in [0.15, 0.2) is 6.17 Å². The lowest BCUT2D eigenvalue weighted by Crippen LogP contribution is -2.64. The number of likely N-dealkylation sites (tertiary alicyclic amines) is 1. The Morgan fingerprint density at radius 1 is 1.39 bits per heavy atom. The van der Waals surface area contributed by atoms with E-state index in [9.17, 15) is 23.9 Å². The molecule has 0 bridgehead atoms. The zero-order chi connectivity index (χ0) is 18.0. The van der Waals surface area contributed by atoms with Gasteiger partial charge in [-0.15, -0.1) is 0 Å². The van der Waals surface area contributed by atoms with Crippen molar-refractivity contribution < 1.29 is 33.1 Å². The Hall–Kier alpha value is -1.70. The summed E-state index contributed by atoms with van der Waals surface area (Å²) in [6, 6.07) is -1.74. The summed E-state index contributed by atoms with van der Waals surface area (Å²) in [6.45, 7) is 7.80. The van der Waals surface area contributed by atoms with Crippen LogP contribution in [0.25, 0.3) is 0 Å². The van der Waals surface area contributed by atoms with Crippen LogP contribution in [0.3, 0.4) is 0 Å². The zero-order valence-corrected chi connectivity index (χ0v) is 14.3. The molecular formula is C15H26FN2O5+. The average Bonchev–Trinajstić information content (AvgIpc) is 2.69. The minimum atomic E-state index is -1.40. The van der Waals surface area contributed by atoms with Gasteiger partial charge < -0.3 is 15.2 Å². The maximum Gasteiger partial charge on any atom is 0.521 e. The number of rotatable bonds is 3. The van der Waals surface area contributed by atoms with Gasteiger partial charge in [0.2, 0.25) is 0 Å². The second-order valence-electron chi connectivity index (χ2n) is 6.96. The van der Waals surface area contributed by atoms with Gasteiger partial charge in [0.1, 0.15) is 24.2 Å². The number of carboxylic acid groups (broad SMARTS) is 1. The molecule has 0 aliphatic carbocycles. The predicted octanol–water partition coefficient (Wildman–Crippen LogP) is 2.44. The molecule has 132 valence electrons. The van der Waals surface area contributed by atoms with Crippen molar-refractivity contribution >= 4 is 18.1 Å². The van der Waals surface area contributed by atoms with Gasteiger partial charge in [-0.25, -0.2) is 14.0 Å². The first-order chi connectivity index (χ1) is 10.4. The largest absolute Gasteiger partial charge is 0.521 e. The molecule has 1 heterocycles. The van der Waals surface area contributed by atoms with Crippen LogP contribution < -0.4 is 5.32 Å². The summed E-state index contributed by atoms with van der Waals surface area (Å²) in [5.41, 5.74) is -0.741. The molecule has 7 nitrogen and oxygen atoms in total. The normalized spacial score (nSPS) is 29.0. The molecule has 8 heteroatoms. The van der Waals surface area contributed by atoms with Crippen molar-refractivity contribution in [2.24, 2.45) is 0 Å². The van der Waals surface area contributed by atoms with Crippen molar-refractivity contribution in [3.05, 3.63) is 0 Å². The van der Waals surface area contributed by atoms with Crippen molar-refractivity contribution in [3.8, 4) is 0 Å². The maximum atomic E-state index is 13.7. The van der Waals surface area contributed by atoms with E-state index in [1.54, 1.807) is 27.7 Å². The Kier molecular flexibility index (Phi) is 5.74. The first kappa shape index (κ1) is 19.3. The number of nitrogens with zero attached hydrogens (tertiary/aromatic N) is 1. The zero-order valence-electron chi connectivity index (χ0n) is 14.3. The highest BCUT2D eigenvalue weighted by molar-refractivity contribution is 5.87. The van der Waals surface area contributed by atoms with Gasteiger partial charge >= 0.3 is 18.1 Å². The molecule has 0 radical (unpaired) electrons. The summed E-state index contributed by atoms with van der Waals surface area (Å²) in [6.07, 6.45) is -3.36. The van der Waals surface area contributed by atoms with Gasteiger partial charge in [-0.05, 0) is 34.1 Å². The molecule has 0 spiro atoms. The third-order valence-corrected chi connectivity index (χ3v) is 3.97. The molecule has 4 atom stereocenters. The molecule has 1 aliphatic heterocycles. The number of carbonyl (C=O) groups is 3. The molecule has 3 amide bonds. The van der Waals surface area contributed by atoms with Gasteiger partial charge in [-0.1, -0.05) is 6.92 Å². The smallest absolute Gasteiger partial charge is 0.444 e. The van der Waals surface area contributed by atoms with E-state index in [2.05, 4.69) is 5.32 Å². The first-order valence-electron chi connectivity index (χ1n) is 7.73. The van der Waals surface area contributed by atoms with Crippen molar-refractivity contribution in [2.45, 2.75) is 71.3 Å². The van der Waals surface area contributed by atoms with Crippen LogP contribution in [0.2, 0.25) is 0 Å². The lowest BCUT2D eigenvalue weighted by atomic mass is 10.1. The van der Waals surface area contributed by atoms with E-state index in [0.29, 0.717) is 0 Å². The molecule has 0 aromatic rings. The molecule has 0 saturated carbocycles. The fraction of sp³-hybridized carbons (Fsp3) is 0.800. The van der Waals surface area contributed by atoms with Crippen LogP contribution in [0.1, 0.15) is 47.5 Å². The van der Waals surface area contributed by atoms with Crippen LogP contribution in [0.4, 0.5) is 14.0 Å². The Bertz CT molecular complexity index is 491. The number of imide groups is 1. The number of alkyl carbamates (subject to hydrolysis) is 1. The number of carbonyl (C=O) groups excluding carboxylic acids is 2. The highest BCUT2D eigenvalue weighted by atomic mass is 19.1. The van der Waals surface area contributed by atoms with Crippen molar-refractivity contribution in [2.75, 3.05) is 6.54 Å².